The summed E-state index contributed by atoms with van der Waals surface area (Å²) in [4.78, 5) is 6.76. The number of aromatic nitrogens is 2. The first-order valence-electron chi connectivity index (χ1n) is 5.54. The Morgan fingerprint density at radius 2 is 1.90 bits per heavy atom. The predicted molar refractivity (Wildman–Crippen MR) is 65.2 cm³/mol. The fraction of sp³-hybridized carbons (Fsp3) is 0.167. The second kappa shape index (κ2) is 5.32. The summed E-state index contributed by atoms with van der Waals surface area (Å²) in [5.41, 5.74) is 4.66. The quantitative estimate of drug-likeness (QED) is 0.852. The van der Waals surface area contributed by atoms with Crippen molar-refractivity contribution in [1.82, 2.24) is 9.97 Å². The topological polar surface area (TPSA) is 63.8 Å². The van der Waals surface area contributed by atoms with Crippen molar-refractivity contribution in [2.75, 3.05) is 11.1 Å². The third kappa shape index (κ3) is 3.56. The second-order valence-corrected chi connectivity index (χ2v) is 3.98. The van der Waals surface area contributed by atoms with Crippen molar-refractivity contribution in [3.05, 3.63) is 47.4 Å². The SMILES string of the molecule is Nc1nc(NCc2cccc(F)c2)cc(C(F)(F)F)n1. The van der Waals surface area contributed by atoms with Gasteiger partial charge < -0.3 is 11.1 Å². The molecule has 0 unspecified atom stereocenters. The van der Waals surface area contributed by atoms with Gasteiger partial charge in [-0.3, -0.25) is 0 Å². The summed E-state index contributed by atoms with van der Waals surface area (Å²) in [6.07, 6.45) is -4.60. The van der Waals surface area contributed by atoms with Gasteiger partial charge in [-0.05, 0) is 17.7 Å². The van der Waals surface area contributed by atoms with E-state index >= 15 is 0 Å². The van der Waals surface area contributed by atoms with Gasteiger partial charge in [0, 0.05) is 12.6 Å². The first-order chi connectivity index (χ1) is 9.34. The number of anilines is 2. The number of hydrogen-bond donors (Lipinski definition) is 2. The van der Waals surface area contributed by atoms with E-state index in [1.165, 1.54) is 18.2 Å². The molecule has 1 aromatic carbocycles. The van der Waals surface area contributed by atoms with Gasteiger partial charge in [0.2, 0.25) is 5.95 Å². The molecule has 2 aromatic rings. The Labute approximate surface area is 111 Å². The molecule has 0 aliphatic rings. The first-order valence-corrected chi connectivity index (χ1v) is 5.54. The summed E-state index contributed by atoms with van der Waals surface area (Å²) < 4.78 is 50.6. The van der Waals surface area contributed by atoms with Crippen LogP contribution in [0.4, 0.5) is 29.3 Å². The number of halogens is 4. The third-order valence-corrected chi connectivity index (χ3v) is 2.40. The van der Waals surface area contributed by atoms with Crippen LogP contribution in [0.25, 0.3) is 0 Å². The van der Waals surface area contributed by atoms with Gasteiger partial charge in [0.1, 0.15) is 11.6 Å². The highest BCUT2D eigenvalue weighted by atomic mass is 19.4. The minimum atomic E-state index is -4.60. The van der Waals surface area contributed by atoms with E-state index in [0.717, 1.165) is 6.07 Å². The number of nitrogen functional groups attached to an aromatic ring is 1. The maximum Gasteiger partial charge on any atom is 0.433 e. The Balaban J connectivity index is 2.16. The van der Waals surface area contributed by atoms with E-state index in [1.807, 2.05) is 0 Å². The van der Waals surface area contributed by atoms with Crippen LogP contribution < -0.4 is 11.1 Å². The molecule has 3 N–H and O–H groups in total. The average molecular weight is 286 g/mol. The zero-order chi connectivity index (χ0) is 14.8. The summed E-state index contributed by atoms with van der Waals surface area (Å²) >= 11 is 0. The maximum absolute atomic E-state index is 13.0. The molecule has 1 heterocycles. The lowest BCUT2D eigenvalue weighted by atomic mass is 10.2. The Morgan fingerprint density at radius 3 is 2.55 bits per heavy atom. The molecule has 0 aliphatic carbocycles. The predicted octanol–water partition coefficient (Wildman–Crippen LogP) is 2.83. The average Bonchev–Trinajstić information content (AvgIpc) is 2.35. The second-order valence-electron chi connectivity index (χ2n) is 3.98. The molecule has 0 saturated carbocycles. The number of rotatable bonds is 3. The zero-order valence-electron chi connectivity index (χ0n) is 10.1. The molecule has 0 spiro atoms. The minimum absolute atomic E-state index is 0.0749. The molecule has 4 nitrogen and oxygen atoms in total. The van der Waals surface area contributed by atoms with E-state index in [2.05, 4.69) is 15.3 Å². The smallest absolute Gasteiger partial charge is 0.368 e. The summed E-state index contributed by atoms with van der Waals surface area (Å²) in [7, 11) is 0. The van der Waals surface area contributed by atoms with Gasteiger partial charge in [-0.15, -0.1) is 0 Å². The molecule has 106 valence electrons. The summed E-state index contributed by atoms with van der Waals surface area (Å²) in [6, 6.07) is 6.42. The van der Waals surface area contributed by atoms with E-state index in [0.29, 0.717) is 5.56 Å². The number of hydrogen-bond acceptors (Lipinski definition) is 4. The van der Waals surface area contributed by atoms with Gasteiger partial charge in [-0.25, -0.2) is 9.37 Å². The number of nitrogens with two attached hydrogens (primary N) is 1. The Morgan fingerprint density at radius 1 is 1.15 bits per heavy atom. The maximum atomic E-state index is 13.0. The van der Waals surface area contributed by atoms with Crippen molar-refractivity contribution >= 4 is 11.8 Å². The van der Waals surface area contributed by atoms with Crippen molar-refractivity contribution in [2.24, 2.45) is 0 Å². The molecule has 2 rings (SSSR count). The van der Waals surface area contributed by atoms with E-state index in [1.54, 1.807) is 6.07 Å². The molecule has 0 aliphatic heterocycles. The molecule has 0 radical (unpaired) electrons. The van der Waals surface area contributed by atoms with Crippen LogP contribution in [0.5, 0.6) is 0 Å². The number of nitrogens with one attached hydrogen (secondary N) is 1. The lowest BCUT2D eigenvalue weighted by Crippen LogP contribution is -2.13. The molecule has 0 atom stereocenters. The summed E-state index contributed by atoms with van der Waals surface area (Å²) in [5.74, 6) is -0.988. The van der Waals surface area contributed by atoms with Gasteiger partial charge in [0.05, 0.1) is 0 Å². The molecule has 0 saturated heterocycles. The molecule has 0 bridgehead atoms. The van der Waals surface area contributed by atoms with Gasteiger partial charge >= 0.3 is 6.18 Å². The van der Waals surface area contributed by atoms with Crippen LogP contribution in [0.15, 0.2) is 30.3 Å². The van der Waals surface area contributed by atoms with Crippen LogP contribution in [0, 0.1) is 5.82 Å². The number of nitrogens with zero attached hydrogens (tertiary/aromatic N) is 2. The number of benzene rings is 1. The first kappa shape index (κ1) is 14.0. The molecular formula is C12H10F4N4. The van der Waals surface area contributed by atoms with E-state index < -0.39 is 23.6 Å². The van der Waals surface area contributed by atoms with Crippen LogP contribution >= 0.6 is 0 Å². The van der Waals surface area contributed by atoms with Gasteiger partial charge in [-0.2, -0.15) is 18.2 Å². The van der Waals surface area contributed by atoms with Gasteiger partial charge in [0.15, 0.2) is 5.69 Å². The normalized spacial score (nSPS) is 11.4. The molecule has 8 heteroatoms. The molecule has 1 aromatic heterocycles. The van der Waals surface area contributed by atoms with Gasteiger partial charge in [-0.1, -0.05) is 12.1 Å². The highest BCUT2D eigenvalue weighted by molar-refractivity contribution is 5.42. The van der Waals surface area contributed by atoms with Crippen LogP contribution in [0.3, 0.4) is 0 Å². The lowest BCUT2D eigenvalue weighted by molar-refractivity contribution is -0.141. The highest BCUT2D eigenvalue weighted by Crippen LogP contribution is 2.29. The minimum Gasteiger partial charge on any atom is -0.368 e. The Bertz CT molecular complexity index is 613. The highest BCUT2D eigenvalue weighted by Gasteiger charge is 2.33. The van der Waals surface area contributed by atoms with E-state index in [-0.39, 0.29) is 12.4 Å². The van der Waals surface area contributed by atoms with Crippen LogP contribution in [-0.2, 0) is 12.7 Å². The van der Waals surface area contributed by atoms with Crippen molar-refractivity contribution in [2.45, 2.75) is 12.7 Å². The van der Waals surface area contributed by atoms with Crippen LogP contribution in [-0.4, -0.2) is 9.97 Å². The molecule has 20 heavy (non-hydrogen) atoms. The van der Waals surface area contributed by atoms with E-state index in [9.17, 15) is 17.6 Å². The van der Waals surface area contributed by atoms with Crippen molar-refractivity contribution in [3.63, 3.8) is 0 Å². The molecular weight excluding hydrogens is 276 g/mol. The molecule has 0 amide bonds. The summed E-state index contributed by atoms with van der Waals surface area (Å²) in [6.45, 7) is 0.117. The Kier molecular flexibility index (Phi) is 3.73. The fourth-order valence-corrected chi connectivity index (χ4v) is 1.54. The summed E-state index contributed by atoms with van der Waals surface area (Å²) in [5, 5.41) is 2.64. The standard InChI is InChI=1S/C12H10F4N4/c13-8-3-1-2-7(4-8)6-18-10-5-9(12(14,15)16)19-11(17)20-10/h1-5H,6H2,(H3,17,18,19,20). The van der Waals surface area contributed by atoms with Crippen LogP contribution in [0.2, 0.25) is 0 Å². The van der Waals surface area contributed by atoms with Crippen molar-refractivity contribution < 1.29 is 17.6 Å². The van der Waals surface area contributed by atoms with Gasteiger partial charge in [0.25, 0.3) is 0 Å². The molecule has 0 fully saturated rings. The Hall–Kier alpha value is -2.38. The van der Waals surface area contributed by atoms with Crippen molar-refractivity contribution in [1.29, 1.82) is 0 Å². The fourth-order valence-electron chi connectivity index (χ4n) is 1.54. The van der Waals surface area contributed by atoms with Crippen molar-refractivity contribution in [3.8, 4) is 0 Å². The monoisotopic (exact) mass is 286 g/mol. The third-order valence-electron chi connectivity index (χ3n) is 2.40. The largest absolute Gasteiger partial charge is 0.433 e. The lowest BCUT2D eigenvalue weighted by Gasteiger charge is -2.10. The van der Waals surface area contributed by atoms with E-state index in [4.69, 9.17) is 5.73 Å². The zero-order valence-corrected chi connectivity index (χ0v) is 10.1. The van der Waals surface area contributed by atoms with Crippen LogP contribution in [0.1, 0.15) is 11.3 Å². The number of alkyl halides is 3.